The third-order valence-electron chi connectivity index (χ3n) is 3.89. The van der Waals surface area contributed by atoms with Crippen molar-refractivity contribution < 1.29 is 19.6 Å². The van der Waals surface area contributed by atoms with Gasteiger partial charge in [-0.25, -0.2) is 0 Å². The van der Waals surface area contributed by atoms with Gasteiger partial charge in [0.2, 0.25) is 0 Å². The highest BCUT2D eigenvalue weighted by Crippen LogP contribution is 2.34. The maximum atomic E-state index is 12.6. The van der Waals surface area contributed by atoms with Gasteiger partial charge in [0.1, 0.15) is 4.32 Å². The van der Waals surface area contributed by atoms with Gasteiger partial charge in [-0.15, -0.1) is 0 Å². The van der Waals surface area contributed by atoms with Crippen LogP contribution in [0, 0.1) is 10.1 Å². The molecule has 0 aliphatic carbocycles. The van der Waals surface area contributed by atoms with E-state index in [9.17, 15) is 20.0 Å². The Labute approximate surface area is 169 Å². The number of carbonyl (C=O) groups excluding carboxylic acids is 1. The Morgan fingerprint density at radius 2 is 2.04 bits per heavy atom. The van der Waals surface area contributed by atoms with Crippen LogP contribution < -0.4 is 10.1 Å². The van der Waals surface area contributed by atoms with Crippen molar-refractivity contribution >= 4 is 51.7 Å². The van der Waals surface area contributed by atoms with Gasteiger partial charge in [0.05, 0.1) is 23.6 Å². The number of amides is 1. The maximum Gasteiger partial charge on any atom is 0.269 e. The number of aromatic hydroxyl groups is 1. The average Bonchev–Trinajstić information content (AvgIpc) is 2.94. The molecule has 1 heterocycles. The van der Waals surface area contributed by atoms with Crippen molar-refractivity contribution in [2.45, 2.75) is 0 Å². The zero-order valence-corrected chi connectivity index (χ0v) is 16.3. The second-order valence-electron chi connectivity index (χ2n) is 5.68. The minimum absolute atomic E-state index is 0.0107. The number of benzene rings is 2. The van der Waals surface area contributed by atoms with Crippen LogP contribution in [0.15, 0.2) is 47.4 Å². The molecule has 1 fully saturated rings. The predicted octanol–water partition coefficient (Wildman–Crippen LogP) is 3.58. The summed E-state index contributed by atoms with van der Waals surface area (Å²) in [5.41, 5.74) is 1.31. The quantitative estimate of drug-likeness (QED) is 0.318. The number of anilines is 1. The number of carbonyl (C=O) groups is 1. The second-order valence-corrected chi connectivity index (χ2v) is 7.36. The molecule has 1 aliphatic heterocycles. The van der Waals surface area contributed by atoms with Crippen molar-refractivity contribution in [2.24, 2.45) is 0 Å². The summed E-state index contributed by atoms with van der Waals surface area (Å²) in [6.07, 6.45) is 1.67. The molecule has 2 N–H and O–H groups in total. The Morgan fingerprint density at radius 3 is 2.68 bits per heavy atom. The van der Waals surface area contributed by atoms with E-state index >= 15 is 0 Å². The van der Waals surface area contributed by atoms with Crippen LogP contribution >= 0.6 is 24.0 Å². The van der Waals surface area contributed by atoms with Crippen LogP contribution in [0.4, 0.5) is 11.4 Å². The lowest BCUT2D eigenvalue weighted by atomic mass is 10.2. The summed E-state index contributed by atoms with van der Waals surface area (Å²) in [6, 6.07) is 10.7. The fourth-order valence-corrected chi connectivity index (χ4v) is 3.70. The smallest absolute Gasteiger partial charge is 0.269 e. The van der Waals surface area contributed by atoms with Gasteiger partial charge in [-0.2, -0.15) is 0 Å². The van der Waals surface area contributed by atoms with E-state index in [0.717, 1.165) is 0 Å². The van der Waals surface area contributed by atoms with Gasteiger partial charge in [0.25, 0.3) is 11.6 Å². The monoisotopic (exact) mass is 417 g/mol. The molecule has 2 aromatic carbocycles. The van der Waals surface area contributed by atoms with Crippen molar-refractivity contribution in [1.82, 2.24) is 4.90 Å². The van der Waals surface area contributed by atoms with Gasteiger partial charge in [-0.3, -0.25) is 19.8 Å². The summed E-state index contributed by atoms with van der Waals surface area (Å²) in [5, 5.41) is 23.4. The molecule has 0 saturated carbocycles. The fourth-order valence-electron chi connectivity index (χ4n) is 2.44. The van der Waals surface area contributed by atoms with Crippen molar-refractivity contribution in [3.8, 4) is 11.5 Å². The molecule has 0 aromatic heterocycles. The molecule has 2 aromatic rings. The number of hydrogen-bond donors (Lipinski definition) is 2. The second kappa shape index (κ2) is 8.28. The molecule has 0 spiro atoms. The maximum absolute atomic E-state index is 12.6. The minimum atomic E-state index is -0.477. The standard InChI is InChI=1S/C18H15N3O5S2/c1-26-15-8-11(2-7-14(15)22)9-16-17(23)20(18(27)28-16)10-19-12-3-5-13(6-4-12)21(24)25/h2-9,19,22H,10H2,1H3/b16-9+. The summed E-state index contributed by atoms with van der Waals surface area (Å²) in [5.74, 6) is 0.0695. The molecule has 0 atom stereocenters. The Kier molecular flexibility index (Phi) is 5.81. The van der Waals surface area contributed by atoms with Crippen LogP contribution in [-0.4, -0.2) is 38.9 Å². The number of hydrogen-bond acceptors (Lipinski definition) is 8. The van der Waals surface area contributed by atoms with Crippen molar-refractivity contribution in [3.05, 3.63) is 63.0 Å². The van der Waals surface area contributed by atoms with E-state index < -0.39 is 4.92 Å². The van der Waals surface area contributed by atoms with Gasteiger partial charge in [0.15, 0.2) is 11.5 Å². The van der Waals surface area contributed by atoms with Crippen LogP contribution in [-0.2, 0) is 4.79 Å². The third-order valence-corrected chi connectivity index (χ3v) is 5.27. The molecule has 144 valence electrons. The van der Waals surface area contributed by atoms with E-state index in [1.54, 1.807) is 30.3 Å². The number of non-ortho nitro benzene ring substituents is 1. The summed E-state index contributed by atoms with van der Waals surface area (Å²) >= 11 is 6.46. The highest BCUT2D eigenvalue weighted by Gasteiger charge is 2.31. The lowest BCUT2D eigenvalue weighted by Crippen LogP contribution is -2.33. The number of phenolic OH excluding ortho intramolecular Hbond substituents is 1. The first-order valence-electron chi connectivity index (χ1n) is 7.99. The average molecular weight is 417 g/mol. The Hall–Kier alpha value is -3.11. The van der Waals surface area contributed by atoms with Crippen molar-refractivity contribution in [1.29, 1.82) is 0 Å². The number of methoxy groups -OCH3 is 1. The number of phenols is 1. The highest BCUT2D eigenvalue weighted by atomic mass is 32.2. The van der Waals surface area contributed by atoms with E-state index in [2.05, 4.69) is 5.32 Å². The molecule has 8 nitrogen and oxygen atoms in total. The van der Waals surface area contributed by atoms with E-state index in [1.807, 2.05) is 0 Å². The molecule has 10 heteroatoms. The molecule has 1 aliphatic rings. The van der Waals surface area contributed by atoms with Crippen molar-refractivity contribution in [3.63, 3.8) is 0 Å². The van der Waals surface area contributed by atoms with Crippen LogP contribution in [0.1, 0.15) is 5.56 Å². The third kappa shape index (κ3) is 4.24. The van der Waals surface area contributed by atoms with Gasteiger partial charge in [-0.05, 0) is 35.9 Å². The molecular formula is C18H15N3O5S2. The number of thioether (sulfide) groups is 1. The van der Waals surface area contributed by atoms with Gasteiger partial charge in [0, 0.05) is 17.8 Å². The first-order chi connectivity index (χ1) is 13.4. The van der Waals surface area contributed by atoms with Gasteiger partial charge < -0.3 is 15.2 Å². The molecule has 0 bridgehead atoms. The first-order valence-corrected chi connectivity index (χ1v) is 9.22. The molecule has 0 unspecified atom stereocenters. The molecular weight excluding hydrogens is 402 g/mol. The van der Waals surface area contributed by atoms with Gasteiger partial charge >= 0.3 is 0 Å². The van der Waals surface area contributed by atoms with Crippen LogP contribution in [0.5, 0.6) is 11.5 Å². The fraction of sp³-hybridized carbons (Fsp3) is 0.111. The molecule has 1 saturated heterocycles. The van der Waals surface area contributed by atoms with E-state index in [-0.39, 0.29) is 24.0 Å². The topological polar surface area (TPSA) is 105 Å². The van der Waals surface area contributed by atoms with E-state index in [1.165, 1.54) is 42.0 Å². The molecule has 3 rings (SSSR count). The number of nitro benzene ring substituents is 1. The predicted molar refractivity (Wildman–Crippen MR) is 111 cm³/mol. The SMILES string of the molecule is COc1cc(/C=C2/SC(=S)N(CNc3ccc([N+](=O)[O-])cc3)C2=O)ccc1O. The number of rotatable bonds is 6. The largest absolute Gasteiger partial charge is 0.504 e. The van der Waals surface area contributed by atoms with E-state index in [4.69, 9.17) is 17.0 Å². The van der Waals surface area contributed by atoms with Crippen LogP contribution in [0.2, 0.25) is 0 Å². The van der Waals surface area contributed by atoms with Crippen LogP contribution in [0.3, 0.4) is 0 Å². The molecule has 1 amide bonds. The summed E-state index contributed by atoms with van der Waals surface area (Å²) in [4.78, 5) is 24.7. The minimum Gasteiger partial charge on any atom is -0.504 e. The number of thiocarbonyl (C=S) groups is 1. The summed E-state index contributed by atoms with van der Waals surface area (Å²) in [6.45, 7) is 0.138. The van der Waals surface area contributed by atoms with Crippen LogP contribution in [0.25, 0.3) is 6.08 Å². The lowest BCUT2D eigenvalue weighted by Gasteiger charge is -2.16. The lowest BCUT2D eigenvalue weighted by molar-refractivity contribution is -0.384. The van der Waals surface area contributed by atoms with E-state index in [0.29, 0.717) is 26.2 Å². The Bertz CT molecular complexity index is 976. The zero-order valence-electron chi connectivity index (χ0n) is 14.6. The highest BCUT2D eigenvalue weighted by molar-refractivity contribution is 8.26. The molecule has 28 heavy (non-hydrogen) atoms. The zero-order chi connectivity index (χ0) is 20.3. The number of nitro groups is 1. The Balaban J connectivity index is 1.70. The van der Waals surface area contributed by atoms with Crippen molar-refractivity contribution in [2.75, 3.05) is 19.1 Å². The van der Waals surface area contributed by atoms with Gasteiger partial charge in [-0.1, -0.05) is 30.0 Å². The number of nitrogens with one attached hydrogen (secondary N) is 1. The Morgan fingerprint density at radius 1 is 1.32 bits per heavy atom. The summed E-state index contributed by atoms with van der Waals surface area (Å²) < 4.78 is 5.47. The first kappa shape index (κ1) is 19.6. The summed E-state index contributed by atoms with van der Waals surface area (Å²) in [7, 11) is 1.45. The molecule has 0 radical (unpaired) electrons. The number of ether oxygens (including phenoxy) is 1. The number of nitrogens with zero attached hydrogens (tertiary/aromatic N) is 2. The normalized spacial score (nSPS) is 15.2.